The molecule has 3 rings (SSSR count). The van der Waals surface area contributed by atoms with Crippen molar-refractivity contribution in [2.75, 3.05) is 18.0 Å². The summed E-state index contributed by atoms with van der Waals surface area (Å²) in [6.45, 7) is 10.7. The van der Waals surface area contributed by atoms with Crippen LogP contribution >= 0.6 is 0 Å². The number of rotatable bonds is 1. The van der Waals surface area contributed by atoms with E-state index in [4.69, 9.17) is 4.42 Å². The summed E-state index contributed by atoms with van der Waals surface area (Å²) in [7, 11) is 1.73. The molecule has 0 saturated carbocycles. The molecule has 21 heavy (non-hydrogen) atoms. The summed E-state index contributed by atoms with van der Waals surface area (Å²) < 4.78 is 6.83. The van der Waals surface area contributed by atoms with E-state index in [1.807, 2.05) is 12.1 Å². The number of piperazine rings is 1. The van der Waals surface area contributed by atoms with Crippen molar-refractivity contribution >= 4 is 16.8 Å². The normalized spacial score (nSPS) is 20.9. The Kier molecular flexibility index (Phi) is 2.95. The van der Waals surface area contributed by atoms with Crippen molar-refractivity contribution in [1.82, 2.24) is 9.88 Å². The van der Waals surface area contributed by atoms with Crippen LogP contribution in [0.2, 0.25) is 0 Å². The maximum Gasteiger partial charge on any atom is 0.419 e. The average molecular weight is 289 g/mol. The van der Waals surface area contributed by atoms with E-state index in [1.54, 1.807) is 7.05 Å². The van der Waals surface area contributed by atoms with Gasteiger partial charge in [0.2, 0.25) is 0 Å². The highest BCUT2D eigenvalue weighted by molar-refractivity contribution is 5.78. The number of nitrogens with zero attached hydrogens (tertiary/aromatic N) is 2. The van der Waals surface area contributed by atoms with Crippen LogP contribution in [-0.2, 0) is 7.05 Å². The van der Waals surface area contributed by atoms with Gasteiger partial charge < -0.3 is 14.6 Å². The molecular formula is C16H23N3O2. The maximum atomic E-state index is 11.6. The maximum absolute atomic E-state index is 11.6. The third kappa shape index (κ3) is 2.58. The van der Waals surface area contributed by atoms with Gasteiger partial charge in [-0.2, -0.15) is 0 Å². The molecule has 1 aromatic carbocycles. The molecule has 0 spiro atoms. The van der Waals surface area contributed by atoms with Gasteiger partial charge >= 0.3 is 5.76 Å². The zero-order valence-electron chi connectivity index (χ0n) is 13.4. The van der Waals surface area contributed by atoms with Crippen molar-refractivity contribution in [2.45, 2.75) is 38.8 Å². The van der Waals surface area contributed by atoms with Gasteiger partial charge in [0, 0.05) is 43.0 Å². The van der Waals surface area contributed by atoms with Crippen molar-refractivity contribution in [2.24, 2.45) is 7.05 Å². The molecule has 114 valence electrons. The van der Waals surface area contributed by atoms with E-state index < -0.39 is 0 Å². The fourth-order valence-corrected chi connectivity index (χ4v) is 3.51. The van der Waals surface area contributed by atoms with Gasteiger partial charge in [-0.05, 0) is 39.8 Å². The van der Waals surface area contributed by atoms with E-state index in [9.17, 15) is 4.79 Å². The van der Waals surface area contributed by atoms with Gasteiger partial charge in [0.25, 0.3) is 0 Å². The molecule has 1 N–H and O–H groups in total. The van der Waals surface area contributed by atoms with Crippen molar-refractivity contribution in [3.63, 3.8) is 0 Å². The summed E-state index contributed by atoms with van der Waals surface area (Å²) >= 11 is 0. The molecule has 2 heterocycles. The summed E-state index contributed by atoms with van der Waals surface area (Å²) in [5, 5.41) is 3.66. The SMILES string of the molecule is Cn1c(=O)oc2cc(N3CC(C)(C)NC(C)(C)C3)ccc21. The van der Waals surface area contributed by atoms with Crippen molar-refractivity contribution < 1.29 is 4.42 Å². The monoisotopic (exact) mass is 289 g/mol. The second-order valence-electron chi connectivity index (χ2n) is 7.33. The van der Waals surface area contributed by atoms with E-state index in [0.29, 0.717) is 5.58 Å². The van der Waals surface area contributed by atoms with Crippen LogP contribution in [0.25, 0.3) is 11.1 Å². The van der Waals surface area contributed by atoms with Crippen LogP contribution in [-0.4, -0.2) is 28.7 Å². The minimum Gasteiger partial charge on any atom is -0.408 e. The van der Waals surface area contributed by atoms with Crippen molar-refractivity contribution in [3.8, 4) is 0 Å². The zero-order chi connectivity index (χ0) is 15.4. The molecule has 0 radical (unpaired) electrons. The van der Waals surface area contributed by atoms with E-state index >= 15 is 0 Å². The highest BCUT2D eigenvalue weighted by Gasteiger charge is 2.36. The Hall–Kier alpha value is -1.75. The summed E-state index contributed by atoms with van der Waals surface area (Å²) in [4.78, 5) is 14.0. The first-order valence-corrected chi connectivity index (χ1v) is 7.31. The lowest BCUT2D eigenvalue weighted by atomic mass is 9.91. The lowest BCUT2D eigenvalue weighted by Crippen LogP contribution is -2.66. The first-order valence-electron chi connectivity index (χ1n) is 7.31. The number of anilines is 1. The number of hydrogen-bond acceptors (Lipinski definition) is 4. The van der Waals surface area contributed by atoms with E-state index in [-0.39, 0.29) is 16.8 Å². The van der Waals surface area contributed by atoms with Crippen LogP contribution < -0.4 is 16.0 Å². The summed E-state index contributed by atoms with van der Waals surface area (Å²) in [5.74, 6) is -0.317. The van der Waals surface area contributed by atoms with E-state index in [2.05, 4.69) is 44.0 Å². The van der Waals surface area contributed by atoms with Gasteiger partial charge in [-0.25, -0.2) is 4.79 Å². The van der Waals surface area contributed by atoms with E-state index in [1.165, 1.54) is 4.57 Å². The lowest BCUT2D eigenvalue weighted by molar-refractivity contribution is 0.226. The Balaban J connectivity index is 2.01. The summed E-state index contributed by atoms with van der Waals surface area (Å²) in [6.07, 6.45) is 0. The number of aryl methyl sites for hydroxylation is 1. The number of aromatic nitrogens is 1. The van der Waals surface area contributed by atoms with Crippen LogP contribution in [0.15, 0.2) is 27.4 Å². The highest BCUT2D eigenvalue weighted by Crippen LogP contribution is 2.28. The number of nitrogens with one attached hydrogen (secondary N) is 1. The molecule has 1 aliphatic heterocycles. The predicted molar refractivity (Wildman–Crippen MR) is 85.0 cm³/mol. The van der Waals surface area contributed by atoms with Gasteiger partial charge in [-0.3, -0.25) is 4.57 Å². The smallest absolute Gasteiger partial charge is 0.408 e. The van der Waals surface area contributed by atoms with Crippen LogP contribution in [0, 0.1) is 0 Å². The topological polar surface area (TPSA) is 50.4 Å². The molecule has 0 atom stereocenters. The van der Waals surface area contributed by atoms with Crippen LogP contribution in [0.5, 0.6) is 0 Å². The second-order valence-corrected chi connectivity index (χ2v) is 7.33. The molecule has 0 bridgehead atoms. The third-order valence-electron chi connectivity index (χ3n) is 3.99. The standard InChI is InChI=1S/C16H23N3O2/c1-15(2)9-19(10-16(3,4)17-15)11-6-7-12-13(8-11)21-14(20)18(12)5/h6-8,17H,9-10H2,1-5H3. The Bertz CT molecular complexity index is 724. The second kappa shape index (κ2) is 4.37. The van der Waals surface area contributed by atoms with Crippen LogP contribution in [0.3, 0.4) is 0 Å². The quantitative estimate of drug-likeness (QED) is 0.873. The molecule has 5 heteroatoms. The molecule has 1 aliphatic rings. The van der Waals surface area contributed by atoms with Crippen molar-refractivity contribution in [1.29, 1.82) is 0 Å². The zero-order valence-corrected chi connectivity index (χ0v) is 13.4. The Morgan fingerprint density at radius 1 is 1.14 bits per heavy atom. The minimum absolute atomic E-state index is 0.0359. The Labute approximate surface area is 124 Å². The fourth-order valence-electron chi connectivity index (χ4n) is 3.51. The van der Waals surface area contributed by atoms with E-state index in [0.717, 1.165) is 24.3 Å². The van der Waals surface area contributed by atoms with Gasteiger partial charge in [-0.1, -0.05) is 0 Å². The molecule has 2 aromatic rings. The molecule has 1 fully saturated rings. The van der Waals surface area contributed by atoms with Gasteiger partial charge in [0.1, 0.15) is 0 Å². The first kappa shape index (κ1) is 14.2. The van der Waals surface area contributed by atoms with Gasteiger partial charge in [0.05, 0.1) is 5.52 Å². The molecular weight excluding hydrogens is 266 g/mol. The van der Waals surface area contributed by atoms with Gasteiger partial charge in [-0.15, -0.1) is 0 Å². The lowest BCUT2D eigenvalue weighted by Gasteiger charge is -2.49. The number of hydrogen-bond donors (Lipinski definition) is 1. The third-order valence-corrected chi connectivity index (χ3v) is 3.99. The van der Waals surface area contributed by atoms with Crippen molar-refractivity contribution in [3.05, 3.63) is 28.7 Å². The number of benzene rings is 1. The molecule has 0 aliphatic carbocycles. The van der Waals surface area contributed by atoms with Crippen LogP contribution in [0.4, 0.5) is 5.69 Å². The first-order chi connectivity index (χ1) is 9.67. The highest BCUT2D eigenvalue weighted by atomic mass is 16.4. The molecule has 5 nitrogen and oxygen atoms in total. The number of fused-ring (bicyclic) bond motifs is 1. The number of oxazole rings is 1. The largest absolute Gasteiger partial charge is 0.419 e. The Morgan fingerprint density at radius 3 is 2.38 bits per heavy atom. The molecule has 0 amide bonds. The van der Waals surface area contributed by atoms with Crippen LogP contribution in [0.1, 0.15) is 27.7 Å². The molecule has 1 aromatic heterocycles. The Morgan fingerprint density at radius 2 is 1.76 bits per heavy atom. The average Bonchev–Trinajstić information content (AvgIpc) is 2.61. The van der Waals surface area contributed by atoms with Gasteiger partial charge in [0.15, 0.2) is 5.58 Å². The summed E-state index contributed by atoms with van der Waals surface area (Å²) in [5.41, 5.74) is 2.65. The predicted octanol–water partition coefficient (Wildman–Crippen LogP) is 2.10. The molecule has 0 unspecified atom stereocenters. The minimum atomic E-state index is -0.317. The molecule has 1 saturated heterocycles. The summed E-state index contributed by atoms with van der Waals surface area (Å²) in [6, 6.07) is 5.99. The fraction of sp³-hybridized carbons (Fsp3) is 0.562.